The Morgan fingerprint density at radius 3 is 2.52 bits per heavy atom. The van der Waals surface area contributed by atoms with Crippen LogP contribution >= 0.6 is 0 Å². The van der Waals surface area contributed by atoms with E-state index in [1.54, 1.807) is 30.3 Å². The maximum atomic E-state index is 11.6. The Balaban J connectivity index is 2.36. The number of carboxylic acids is 1. The Morgan fingerprint density at radius 2 is 1.91 bits per heavy atom. The van der Waals surface area contributed by atoms with E-state index in [1.165, 1.54) is 12.1 Å². The van der Waals surface area contributed by atoms with Crippen LogP contribution in [0.5, 0.6) is 0 Å². The lowest BCUT2D eigenvalue weighted by molar-refractivity contribution is -0.384. The standard InChI is InChI=1S/C15H9N3O5/c19-14-13(15(20)21)16-10-6-9(8-4-2-1-3-5-8)12(18(22)23)7-11(10)17-14/h1-7H,(H,17,19)(H,20,21). The Morgan fingerprint density at radius 1 is 1.22 bits per heavy atom. The van der Waals surface area contributed by atoms with E-state index < -0.39 is 22.1 Å². The van der Waals surface area contributed by atoms with Gasteiger partial charge in [-0.3, -0.25) is 14.9 Å². The van der Waals surface area contributed by atoms with Crippen molar-refractivity contribution in [3.05, 3.63) is 68.6 Å². The summed E-state index contributed by atoms with van der Waals surface area (Å²) in [5.74, 6) is -1.47. The molecule has 0 fully saturated rings. The number of nitro benzene ring substituents is 1. The molecular weight excluding hydrogens is 302 g/mol. The number of aromatic amines is 1. The van der Waals surface area contributed by atoms with Crippen molar-refractivity contribution in [1.82, 2.24) is 9.97 Å². The Labute approximate surface area is 128 Å². The molecule has 0 aliphatic carbocycles. The molecular formula is C15H9N3O5. The quantitative estimate of drug-likeness (QED) is 0.564. The number of hydrogen-bond acceptors (Lipinski definition) is 5. The van der Waals surface area contributed by atoms with Gasteiger partial charge in [-0.1, -0.05) is 30.3 Å². The first-order chi connectivity index (χ1) is 11.0. The molecule has 23 heavy (non-hydrogen) atoms. The van der Waals surface area contributed by atoms with Crippen molar-refractivity contribution in [2.75, 3.05) is 0 Å². The van der Waals surface area contributed by atoms with Gasteiger partial charge in [0, 0.05) is 6.07 Å². The highest BCUT2D eigenvalue weighted by Crippen LogP contribution is 2.32. The van der Waals surface area contributed by atoms with E-state index in [0.29, 0.717) is 11.1 Å². The molecule has 0 radical (unpaired) electrons. The molecule has 0 saturated carbocycles. The van der Waals surface area contributed by atoms with Crippen molar-refractivity contribution in [2.24, 2.45) is 0 Å². The van der Waals surface area contributed by atoms with Crippen LogP contribution < -0.4 is 5.56 Å². The predicted molar refractivity (Wildman–Crippen MR) is 81.4 cm³/mol. The second kappa shape index (κ2) is 5.34. The van der Waals surface area contributed by atoms with Crippen LogP contribution in [0, 0.1) is 10.1 Å². The summed E-state index contributed by atoms with van der Waals surface area (Å²) in [7, 11) is 0. The minimum atomic E-state index is -1.47. The lowest BCUT2D eigenvalue weighted by Crippen LogP contribution is -2.19. The van der Waals surface area contributed by atoms with Gasteiger partial charge < -0.3 is 10.1 Å². The summed E-state index contributed by atoms with van der Waals surface area (Å²) in [6.45, 7) is 0. The normalized spacial score (nSPS) is 10.6. The number of carbonyl (C=O) groups is 1. The first-order valence-corrected chi connectivity index (χ1v) is 6.48. The maximum Gasteiger partial charge on any atom is 0.360 e. The number of fused-ring (bicyclic) bond motifs is 1. The van der Waals surface area contributed by atoms with Crippen LogP contribution in [0.25, 0.3) is 22.2 Å². The van der Waals surface area contributed by atoms with Gasteiger partial charge in [-0.15, -0.1) is 0 Å². The molecule has 8 nitrogen and oxygen atoms in total. The van der Waals surface area contributed by atoms with Crippen molar-refractivity contribution < 1.29 is 14.8 Å². The monoisotopic (exact) mass is 311 g/mol. The number of nitro groups is 1. The van der Waals surface area contributed by atoms with Crippen molar-refractivity contribution >= 4 is 22.7 Å². The molecule has 0 aliphatic heterocycles. The van der Waals surface area contributed by atoms with E-state index in [2.05, 4.69) is 9.97 Å². The molecule has 0 spiro atoms. The molecule has 0 atom stereocenters. The fourth-order valence-electron chi connectivity index (χ4n) is 2.27. The zero-order chi connectivity index (χ0) is 16.6. The van der Waals surface area contributed by atoms with Gasteiger partial charge in [-0.2, -0.15) is 0 Å². The van der Waals surface area contributed by atoms with E-state index in [1.807, 2.05) is 0 Å². The van der Waals surface area contributed by atoms with Gasteiger partial charge in [-0.25, -0.2) is 9.78 Å². The molecule has 1 aromatic heterocycles. The summed E-state index contributed by atoms with van der Waals surface area (Å²) in [4.78, 5) is 39.5. The van der Waals surface area contributed by atoms with Crippen LogP contribution in [0.3, 0.4) is 0 Å². The van der Waals surface area contributed by atoms with Crippen molar-refractivity contribution in [1.29, 1.82) is 0 Å². The summed E-state index contributed by atoms with van der Waals surface area (Å²) in [6.07, 6.45) is 0. The topological polar surface area (TPSA) is 126 Å². The minimum Gasteiger partial charge on any atom is -0.476 e. The fourth-order valence-corrected chi connectivity index (χ4v) is 2.27. The third kappa shape index (κ3) is 2.53. The van der Waals surface area contributed by atoms with Crippen LogP contribution in [0.1, 0.15) is 10.5 Å². The van der Waals surface area contributed by atoms with Crippen LogP contribution in [0.15, 0.2) is 47.3 Å². The zero-order valence-corrected chi connectivity index (χ0v) is 11.5. The maximum absolute atomic E-state index is 11.6. The highest BCUT2D eigenvalue weighted by molar-refractivity contribution is 5.91. The highest BCUT2D eigenvalue weighted by Gasteiger charge is 2.19. The number of H-pyrrole nitrogens is 1. The van der Waals surface area contributed by atoms with Gasteiger partial charge in [0.15, 0.2) is 0 Å². The van der Waals surface area contributed by atoms with Crippen LogP contribution in [-0.2, 0) is 0 Å². The number of hydrogen-bond donors (Lipinski definition) is 2. The van der Waals surface area contributed by atoms with Crippen molar-refractivity contribution in [3.8, 4) is 11.1 Å². The third-order valence-electron chi connectivity index (χ3n) is 3.29. The molecule has 2 aromatic carbocycles. The fraction of sp³-hybridized carbons (Fsp3) is 0. The summed E-state index contributed by atoms with van der Waals surface area (Å²) in [6, 6.07) is 11.2. The SMILES string of the molecule is O=C(O)c1nc2cc(-c3ccccc3)c([N+](=O)[O-])cc2[nH]c1=O. The molecule has 114 valence electrons. The number of aromatic carboxylic acids is 1. The largest absolute Gasteiger partial charge is 0.476 e. The Kier molecular flexibility index (Phi) is 3.34. The summed E-state index contributed by atoms with van der Waals surface area (Å²) in [5, 5.41) is 20.3. The first kappa shape index (κ1) is 14.4. The van der Waals surface area contributed by atoms with E-state index in [4.69, 9.17) is 5.11 Å². The Bertz CT molecular complexity index is 995. The second-order valence-electron chi connectivity index (χ2n) is 4.73. The molecule has 0 bridgehead atoms. The molecule has 8 heteroatoms. The summed E-state index contributed by atoms with van der Waals surface area (Å²) < 4.78 is 0. The van der Waals surface area contributed by atoms with Gasteiger partial charge in [0.25, 0.3) is 11.2 Å². The van der Waals surface area contributed by atoms with E-state index in [0.717, 1.165) is 0 Å². The number of nitrogens with one attached hydrogen (secondary N) is 1. The molecule has 3 rings (SSSR count). The first-order valence-electron chi connectivity index (χ1n) is 6.48. The Hall–Kier alpha value is -3.55. The zero-order valence-electron chi connectivity index (χ0n) is 11.5. The third-order valence-corrected chi connectivity index (χ3v) is 3.29. The van der Waals surface area contributed by atoms with Gasteiger partial charge in [0.1, 0.15) is 0 Å². The molecule has 0 amide bonds. The van der Waals surface area contributed by atoms with Crippen LogP contribution in [0.4, 0.5) is 5.69 Å². The number of carboxylic acid groups (broad SMARTS) is 1. The van der Waals surface area contributed by atoms with E-state index in [9.17, 15) is 19.7 Å². The van der Waals surface area contributed by atoms with Crippen molar-refractivity contribution in [3.63, 3.8) is 0 Å². The number of benzene rings is 2. The predicted octanol–water partition coefficient (Wildman–Crippen LogP) is 2.20. The van der Waals surface area contributed by atoms with Gasteiger partial charge in [0.2, 0.25) is 5.69 Å². The van der Waals surface area contributed by atoms with Crippen LogP contribution in [-0.4, -0.2) is 26.0 Å². The smallest absolute Gasteiger partial charge is 0.360 e. The molecule has 0 aliphatic rings. The lowest BCUT2D eigenvalue weighted by Gasteiger charge is -2.06. The number of aromatic nitrogens is 2. The number of nitrogens with zero attached hydrogens (tertiary/aromatic N) is 2. The number of rotatable bonds is 3. The molecule has 0 unspecified atom stereocenters. The summed E-state index contributed by atoms with van der Waals surface area (Å²) >= 11 is 0. The highest BCUT2D eigenvalue weighted by atomic mass is 16.6. The lowest BCUT2D eigenvalue weighted by atomic mass is 10.0. The minimum absolute atomic E-state index is 0.103. The average molecular weight is 311 g/mol. The van der Waals surface area contributed by atoms with Gasteiger partial charge in [-0.05, 0) is 11.6 Å². The van der Waals surface area contributed by atoms with E-state index >= 15 is 0 Å². The van der Waals surface area contributed by atoms with Gasteiger partial charge >= 0.3 is 5.97 Å². The molecule has 1 heterocycles. The summed E-state index contributed by atoms with van der Waals surface area (Å²) in [5.41, 5.74) is -0.635. The van der Waals surface area contributed by atoms with E-state index in [-0.39, 0.29) is 16.7 Å². The second-order valence-corrected chi connectivity index (χ2v) is 4.73. The van der Waals surface area contributed by atoms with Crippen LogP contribution in [0.2, 0.25) is 0 Å². The average Bonchev–Trinajstić information content (AvgIpc) is 2.53. The van der Waals surface area contributed by atoms with Crippen molar-refractivity contribution in [2.45, 2.75) is 0 Å². The molecule has 0 saturated heterocycles. The van der Waals surface area contributed by atoms with Gasteiger partial charge in [0.05, 0.1) is 21.5 Å². The molecule has 3 aromatic rings. The molecule has 2 N–H and O–H groups in total.